The van der Waals surface area contributed by atoms with Gasteiger partial charge in [0.1, 0.15) is 0 Å². The topological polar surface area (TPSA) is 60.7 Å². The average Bonchev–Trinajstić information content (AvgIpc) is 2.30. The molecule has 0 aromatic rings. The molecule has 0 aliphatic heterocycles. The molecule has 3 N–H and O–H groups in total. The van der Waals surface area contributed by atoms with Crippen molar-refractivity contribution in [3.8, 4) is 0 Å². The summed E-state index contributed by atoms with van der Waals surface area (Å²) in [6, 6.07) is 0. The minimum atomic E-state index is -0.761. The van der Waals surface area contributed by atoms with Crippen molar-refractivity contribution in [3.63, 3.8) is 0 Å². The molecule has 3 heteroatoms. The van der Waals surface area contributed by atoms with Crippen molar-refractivity contribution >= 4 is 0 Å². The summed E-state index contributed by atoms with van der Waals surface area (Å²) in [5.41, 5.74) is -0.724. The maximum Gasteiger partial charge on any atom is 0.0798 e. The minimum absolute atomic E-state index is 0.248. The summed E-state index contributed by atoms with van der Waals surface area (Å²) >= 11 is 0. The summed E-state index contributed by atoms with van der Waals surface area (Å²) in [5, 5.41) is 28.0. The third kappa shape index (κ3) is 3.63. The summed E-state index contributed by atoms with van der Waals surface area (Å²) < 4.78 is 0. The van der Waals surface area contributed by atoms with Gasteiger partial charge in [-0.25, -0.2) is 0 Å². The average molecular weight is 188 g/mol. The SMILES string of the molecule is OCC(O)CC1(O)CCCCCC1. The molecule has 0 aromatic carbocycles. The van der Waals surface area contributed by atoms with Gasteiger partial charge < -0.3 is 15.3 Å². The van der Waals surface area contributed by atoms with E-state index < -0.39 is 11.7 Å². The number of hydrogen-bond donors (Lipinski definition) is 3. The smallest absolute Gasteiger partial charge is 0.0798 e. The van der Waals surface area contributed by atoms with E-state index in [-0.39, 0.29) is 6.61 Å². The highest BCUT2D eigenvalue weighted by atomic mass is 16.3. The van der Waals surface area contributed by atoms with Gasteiger partial charge in [0, 0.05) is 6.42 Å². The molecule has 1 rings (SSSR count). The summed E-state index contributed by atoms with van der Waals surface area (Å²) in [6.07, 6.45) is 5.53. The second kappa shape index (κ2) is 4.94. The molecule has 0 spiro atoms. The van der Waals surface area contributed by atoms with Crippen molar-refractivity contribution in [2.75, 3.05) is 6.61 Å². The van der Waals surface area contributed by atoms with Gasteiger partial charge in [-0.3, -0.25) is 0 Å². The highest BCUT2D eigenvalue weighted by molar-refractivity contribution is 4.83. The van der Waals surface area contributed by atoms with Gasteiger partial charge in [-0.1, -0.05) is 25.7 Å². The molecular formula is C10H20O3. The van der Waals surface area contributed by atoms with Crippen LogP contribution in [-0.2, 0) is 0 Å². The van der Waals surface area contributed by atoms with E-state index in [0.717, 1.165) is 25.7 Å². The third-order valence-electron chi connectivity index (χ3n) is 2.86. The fraction of sp³-hybridized carbons (Fsp3) is 1.00. The molecule has 1 unspecified atom stereocenters. The van der Waals surface area contributed by atoms with Crippen molar-refractivity contribution in [2.45, 2.75) is 56.7 Å². The Morgan fingerprint density at radius 1 is 1.08 bits per heavy atom. The highest BCUT2D eigenvalue weighted by Crippen LogP contribution is 2.30. The Kier molecular flexibility index (Phi) is 4.16. The standard InChI is InChI=1S/C10H20O3/c11-8-9(12)7-10(13)5-3-1-2-4-6-10/h9,11-13H,1-8H2. The zero-order valence-corrected chi connectivity index (χ0v) is 8.08. The molecule has 0 saturated heterocycles. The summed E-state index contributed by atoms with van der Waals surface area (Å²) in [7, 11) is 0. The number of aliphatic hydroxyl groups is 3. The Labute approximate surface area is 79.4 Å². The van der Waals surface area contributed by atoms with E-state index in [4.69, 9.17) is 5.11 Å². The Hall–Kier alpha value is -0.120. The summed E-state index contributed by atoms with van der Waals surface area (Å²) in [4.78, 5) is 0. The first-order valence-corrected chi connectivity index (χ1v) is 5.18. The molecule has 0 amide bonds. The number of rotatable bonds is 3. The normalized spacial score (nSPS) is 25.2. The fourth-order valence-electron chi connectivity index (χ4n) is 2.09. The quantitative estimate of drug-likeness (QED) is 0.574. The second-order valence-corrected chi connectivity index (χ2v) is 4.18. The van der Waals surface area contributed by atoms with Crippen molar-refractivity contribution in [1.82, 2.24) is 0 Å². The Balaban J connectivity index is 2.41. The number of hydrogen-bond acceptors (Lipinski definition) is 3. The van der Waals surface area contributed by atoms with Crippen LogP contribution >= 0.6 is 0 Å². The van der Waals surface area contributed by atoms with E-state index in [1.807, 2.05) is 0 Å². The van der Waals surface area contributed by atoms with Crippen LogP contribution in [0.5, 0.6) is 0 Å². The molecule has 0 aromatic heterocycles. The van der Waals surface area contributed by atoms with Gasteiger partial charge >= 0.3 is 0 Å². The first-order chi connectivity index (χ1) is 6.16. The molecule has 1 aliphatic carbocycles. The zero-order chi connectivity index (χ0) is 9.73. The predicted octanol–water partition coefficient (Wildman–Crippen LogP) is 0.815. The maximum atomic E-state index is 10.1. The van der Waals surface area contributed by atoms with Crippen LogP contribution in [-0.4, -0.2) is 33.6 Å². The fourth-order valence-corrected chi connectivity index (χ4v) is 2.09. The van der Waals surface area contributed by atoms with Crippen LogP contribution in [0.15, 0.2) is 0 Å². The number of aliphatic hydroxyl groups excluding tert-OH is 2. The van der Waals surface area contributed by atoms with Gasteiger partial charge in [-0.2, -0.15) is 0 Å². The van der Waals surface area contributed by atoms with E-state index in [1.165, 1.54) is 12.8 Å². The van der Waals surface area contributed by atoms with Gasteiger partial charge in [0.2, 0.25) is 0 Å². The predicted molar refractivity (Wildman–Crippen MR) is 50.4 cm³/mol. The minimum Gasteiger partial charge on any atom is -0.394 e. The first kappa shape index (κ1) is 11.0. The monoisotopic (exact) mass is 188 g/mol. The van der Waals surface area contributed by atoms with E-state index >= 15 is 0 Å². The molecule has 1 fully saturated rings. The van der Waals surface area contributed by atoms with Crippen molar-refractivity contribution < 1.29 is 15.3 Å². The Morgan fingerprint density at radius 2 is 1.62 bits per heavy atom. The van der Waals surface area contributed by atoms with E-state index in [1.54, 1.807) is 0 Å². The van der Waals surface area contributed by atoms with Crippen LogP contribution < -0.4 is 0 Å². The molecule has 13 heavy (non-hydrogen) atoms. The molecule has 78 valence electrons. The van der Waals surface area contributed by atoms with E-state index in [0.29, 0.717) is 6.42 Å². The molecule has 3 nitrogen and oxygen atoms in total. The van der Waals surface area contributed by atoms with Crippen LogP contribution in [0.25, 0.3) is 0 Å². The Morgan fingerprint density at radius 3 is 2.08 bits per heavy atom. The van der Waals surface area contributed by atoms with E-state index in [2.05, 4.69) is 0 Å². The van der Waals surface area contributed by atoms with Crippen LogP contribution in [0.2, 0.25) is 0 Å². The molecule has 1 aliphatic rings. The van der Waals surface area contributed by atoms with Crippen LogP contribution in [0.3, 0.4) is 0 Å². The third-order valence-corrected chi connectivity index (χ3v) is 2.86. The molecular weight excluding hydrogens is 168 g/mol. The van der Waals surface area contributed by atoms with Gasteiger partial charge in [0.05, 0.1) is 18.3 Å². The van der Waals surface area contributed by atoms with Crippen molar-refractivity contribution in [1.29, 1.82) is 0 Å². The van der Waals surface area contributed by atoms with E-state index in [9.17, 15) is 10.2 Å². The van der Waals surface area contributed by atoms with Crippen molar-refractivity contribution in [3.05, 3.63) is 0 Å². The van der Waals surface area contributed by atoms with Gasteiger partial charge in [-0.15, -0.1) is 0 Å². The maximum absolute atomic E-state index is 10.1. The molecule has 0 radical (unpaired) electrons. The van der Waals surface area contributed by atoms with Crippen molar-refractivity contribution in [2.24, 2.45) is 0 Å². The van der Waals surface area contributed by atoms with Gasteiger partial charge in [0.15, 0.2) is 0 Å². The lowest BCUT2D eigenvalue weighted by molar-refractivity contribution is -0.0357. The largest absolute Gasteiger partial charge is 0.394 e. The second-order valence-electron chi connectivity index (χ2n) is 4.18. The highest BCUT2D eigenvalue weighted by Gasteiger charge is 2.30. The van der Waals surface area contributed by atoms with Gasteiger partial charge in [-0.05, 0) is 12.8 Å². The van der Waals surface area contributed by atoms with Crippen LogP contribution in [0.1, 0.15) is 44.9 Å². The van der Waals surface area contributed by atoms with Gasteiger partial charge in [0.25, 0.3) is 0 Å². The lowest BCUT2D eigenvalue weighted by atomic mass is 9.88. The van der Waals surface area contributed by atoms with Crippen LogP contribution in [0, 0.1) is 0 Å². The molecule has 0 bridgehead atoms. The summed E-state index contributed by atoms with van der Waals surface area (Å²) in [5.74, 6) is 0. The van der Waals surface area contributed by atoms with Crippen LogP contribution in [0.4, 0.5) is 0 Å². The molecule has 1 saturated carbocycles. The lowest BCUT2D eigenvalue weighted by Gasteiger charge is -2.28. The zero-order valence-electron chi connectivity index (χ0n) is 8.08. The first-order valence-electron chi connectivity index (χ1n) is 5.18. The molecule has 0 heterocycles. The Bertz CT molecular complexity index is 139. The molecule has 1 atom stereocenters. The lowest BCUT2D eigenvalue weighted by Crippen LogP contribution is -2.34. The summed E-state index contributed by atoms with van der Waals surface area (Å²) in [6.45, 7) is -0.248.